The van der Waals surface area contributed by atoms with Crippen molar-refractivity contribution in [3.05, 3.63) is 46.5 Å². The molecule has 5 rings (SSSR count). The SMILES string of the molecule is Cc1cc2c(-c3cc(SC4CC4)ccc3NC3CCC(C)CC3)cn(C)c(=O)c2n1SI. The first kappa shape index (κ1) is 22.7. The van der Waals surface area contributed by atoms with Gasteiger partial charge in [-0.1, -0.05) is 6.92 Å². The lowest BCUT2D eigenvalue weighted by Gasteiger charge is -2.29. The van der Waals surface area contributed by atoms with Gasteiger partial charge < -0.3 is 9.88 Å². The van der Waals surface area contributed by atoms with Crippen molar-refractivity contribution < 1.29 is 0 Å². The van der Waals surface area contributed by atoms with Crippen LogP contribution in [0.25, 0.3) is 22.0 Å². The summed E-state index contributed by atoms with van der Waals surface area (Å²) < 4.78 is 3.80. The summed E-state index contributed by atoms with van der Waals surface area (Å²) >= 11 is 4.26. The molecule has 0 atom stereocenters. The largest absolute Gasteiger partial charge is 0.382 e. The van der Waals surface area contributed by atoms with Gasteiger partial charge in [0.2, 0.25) is 0 Å². The van der Waals surface area contributed by atoms with Crippen LogP contribution in [0.1, 0.15) is 51.1 Å². The molecule has 0 aliphatic heterocycles. The van der Waals surface area contributed by atoms with Crippen LogP contribution in [0, 0.1) is 12.8 Å². The van der Waals surface area contributed by atoms with Crippen molar-refractivity contribution in [3.63, 3.8) is 0 Å². The highest BCUT2D eigenvalue weighted by molar-refractivity contribution is 14.2. The normalized spacial score (nSPS) is 21.2. The van der Waals surface area contributed by atoms with Gasteiger partial charge in [-0.15, -0.1) is 11.8 Å². The third-order valence-corrected chi connectivity index (χ3v) is 9.94. The minimum Gasteiger partial charge on any atom is -0.382 e. The third-order valence-electron chi connectivity index (χ3n) is 6.82. The molecular weight excluding hydrogens is 549 g/mol. The molecule has 1 aromatic carbocycles. The highest BCUT2D eigenvalue weighted by atomic mass is 127. The lowest BCUT2D eigenvalue weighted by molar-refractivity contribution is 0.361. The van der Waals surface area contributed by atoms with Gasteiger partial charge in [0.1, 0.15) is 5.52 Å². The van der Waals surface area contributed by atoms with E-state index in [1.54, 1.807) is 13.7 Å². The minimum atomic E-state index is 0.0558. The molecule has 0 spiro atoms. The Morgan fingerprint density at radius 3 is 2.50 bits per heavy atom. The topological polar surface area (TPSA) is 39.0 Å². The second-order valence-electron chi connectivity index (χ2n) is 9.50. The number of halogens is 1. The van der Waals surface area contributed by atoms with Crippen molar-refractivity contribution in [3.8, 4) is 11.1 Å². The number of pyridine rings is 1. The van der Waals surface area contributed by atoms with Gasteiger partial charge in [-0.2, -0.15) is 0 Å². The number of hydrogen-bond acceptors (Lipinski definition) is 4. The van der Waals surface area contributed by atoms with E-state index in [0.29, 0.717) is 6.04 Å². The number of nitrogens with one attached hydrogen (secondary N) is 1. The van der Waals surface area contributed by atoms with Crippen molar-refractivity contribution in [2.45, 2.75) is 68.6 Å². The summed E-state index contributed by atoms with van der Waals surface area (Å²) in [7, 11) is 3.43. The van der Waals surface area contributed by atoms with E-state index >= 15 is 0 Å². The minimum absolute atomic E-state index is 0.0558. The number of anilines is 1. The molecule has 3 aromatic rings. The summed E-state index contributed by atoms with van der Waals surface area (Å²) in [5, 5.41) is 5.70. The van der Waals surface area contributed by atoms with E-state index in [4.69, 9.17) is 0 Å². The highest BCUT2D eigenvalue weighted by Gasteiger charge is 2.25. The zero-order valence-corrected chi connectivity index (χ0v) is 22.6. The average molecular weight is 580 g/mol. The first-order chi connectivity index (χ1) is 15.4. The Kier molecular flexibility index (Phi) is 6.60. The van der Waals surface area contributed by atoms with Crippen molar-refractivity contribution in [1.29, 1.82) is 0 Å². The molecule has 170 valence electrons. The fraction of sp³-hybridized carbons (Fsp3) is 0.480. The van der Waals surface area contributed by atoms with E-state index in [1.807, 2.05) is 25.0 Å². The van der Waals surface area contributed by atoms with Gasteiger partial charge >= 0.3 is 0 Å². The predicted octanol–water partition coefficient (Wildman–Crippen LogP) is 7.41. The van der Waals surface area contributed by atoms with E-state index in [9.17, 15) is 4.79 Å². The van der Waals surface area contributed by atoms with Crippen LogP contribution in [-0.2, 0) is 7.05 Å². The standard InChI is InChI=1S/C25H30IN3OS2/c1-15-4-6-17(7-5-15)27-23-11-10-19(31-18-8-9-18)13-20(23)22-14-28(3)25(30)24-21(22)12-16(2)29(24)32-26/h10-15,17-18,27H,4-9H2,1-3H3. The van der Waals surface area contributed by atoms with Gasteiger partial charge in [0.25, 0.3) is 5.56 Å². The first-order valence-corrected chi connectivity index (χ1v) is 15.7. The Bertz CT molecular complexity index is 1210. The van der Waals surface area contributed by atoms with Crippen LogP contribution >= 0.6 is 42.1 Å². The maximum Gasteiger partial charge on any atom is 0.275 e. The molecule has 4 nitrogen and oxygen atoms in total. The van der Waals surface area contributed by atoms with E-state index in [0.717, 1.165) is 33.3 Å². The number of hydrogen-bond donors (Lipinski definition) is 1. The predicted molar refractivity (Wildman–Crippen MR) is 148 cm³/mol. The summed E-state index contributed by atoms with van der Waals surface area (Å²) in [6.45, 7) is 4.45. The summed E-state index contributed by atoms with van der Waals surface area (Å²) in [5.74, 6) is 0.835. The molecule has 1 N–H and O–H groups in total. The van der Waals surface area contributed by atoms with E-state index in [-0.39, 0.29) is 5.56 Å². The van der Waals surface area contributed by atoms with Crippen molar-refractivity contribution in [2.75, 3.05) is 5.32 Å². The molecule has 32 heavy (non-hydrogen) atoms. The van der Waals surface area contributed by atoms with Crippen molar-refractivity contribution in [2.24, 2.45) is 13.0 Å². The molecule has 2 aliphatic carbocycles. The van der Waals surface area contributed by atoms with E-state index in [2.05, 4.69) is 68.6 Å². The lowest BCUT2D eigenvalue weighted by atomic mass is 9.87. The van der Waals surface area contributed by atoms with Crippen molar-refractivity contribution >= 4 is 58.7 Å². The summed E-state index contributed by atoms with van der Waals surface area (Å²) in [6, 6.07) is 9.58. The Hall–Kier alpha value is -1.06. The number of thioether (sulfide) groups is 1. The molecule has 0 radical (unpaired) electrons. The van der Waals surface area contributed by atoms with Gasteiger partial charge in [0, 0.05) is 87.7 Å². The second-order valence-corrected chi connectivity index (χ2v) is 12.6. The molecule has 0 unspecified atom stereocenters. The zero-order valence-electron chi connectivity index (χ0n) is 18.9. The number of benzene rings is 1. The third kappa shape index (κ3) is 4.49. The van der Waals surface area contributed by atoms with Gasteiger partial charge in [0.05, 0.1) is 0 Å². The van der Waals surface area contributed by atoms with Gasteiger partial charge in [0.15, 0.2) is 0 Å². The molecule has 7 heteroatoms. The zero-order chi connectivity index (χ0) is 22.4. The van der Waals surface area contributed by atoms with Crippen LogP contribution in [0.4, 0.5) is 5.69 Å². The number of rotatable bonds is 6. The fourth-order valence-electron chi connectivity index (χ4n) is 4.77. The maximum atomic E-state index is 13.1. The highest BCUT2D eigenvalue weighted by Crippen LogP contribution is 2.43. The van der Waals surface area contributed by atoms with Crippen LogP contribution in [0.15, 0.2) is 40.2 Å². The number of nitrogens with zero attached hydrogens (tertiary/aromatic N) is 2. The van der Waals surface area contributed by atoms with Crippen LogP contribution in [0.5, 0.6) is 0 Å². The molecule has 2 fully saturated rings. The number of aromatic nitrogens is 2. The lowest BCUT2D eigenvalue weighted by Crippen LogP contribution is -2.25. The van der Waals surface area contributed by atoms with Gasteiger partial charge in [-0.25, -0.2) is 0 Å². The summed E-state index contributed by atoms with van der Waals surface area (Å²) in [5.41, 5.74) is 5.48. The first-order valence-electron chi connectivity index (χ1n) is 11.5. The molecule has 2 aromatic heterocycles. The molecule has 0 amide bonds. The number of aryl methyl sites for hydroxylation is 2. The van der Waals surface area contributed by atoms with Crippen LogP contribution in [0.2, 0.25) is 0 Å². The smallest absolute Gasteiger partial charge is 0.275 e. The van der Waals surface area contributed by atoms with Crippen LogP contribution < -0.4 is 10.9 Å². The van der Waals surface area contributed by atoms with E-state index < -0.39 is 0 Å². The summed E-state index contributed by atoms with van der Waals surface area (Å²) in [4.78, 5) is 14.4. The molecule has 0 saturated heterocycles. The van der Waals surface area contributed by atoms with Crippen LogP contribution in [-0.4, -0.2) is 19.8 Å². The van der Waals surface area contributed by atoms with Gasteiger partial charge in [-0.05, 0) is 75.6 Å². The summed E-state index contributed by atoms with van der Waals surface area (Å²) in [6.07, 6.45) is 9.70. The molecule has 2 saturated carbocycles. The van der Waals surface area contributed by atoms with Crippen LogP contribution in [0.3, 0.4) is 0 Å². The Balaban J connectivity index is 1.64. The fourth-order valence-corrected chi connectivity index (χ4v) is 7.79. The molecule has 0 bridgehead atoms. The van der Waals surface area contributed by atoms with Gasteiger partial charge in [-0.3, -0.25) is 8.77 Å². The molecule has 2 aliphatic rings. The molecule has 2 heterocycles. The maximum absolute atomic E-state index is 13.1. The van der Waals surface area contributed by atoms with Crippen molar-refractivity contribution in [1.82, 2.24) is 8.54 Å². The second kappa shape index (κ2) is 9.29. The monoisotopic (exact) mass is 579 g/mol. The number of fused-ring (bicyclic) bond motifs is 1. The Morgan fingerprint density at radius 1 is 1.06 bits per heavy atom. The average Bonchev–Trinajstić information content (AvgIpc) is 3.53. The quantitative estimate of drug-likeness (QED) is 0.309. The Morgan fingerprint density at radius 2 is 1.81 bits per heavy atom. The molecular formula is C25H30IN3OS2. The Labute approximate surface area is 210 Å². The van der Waals surface area contributed by atoms with E-state index in [1.165, 1.54) is 54.7 Å².